The van der Waals surface area contributed by atoms with E-state index in [9.17, 15) is 4.79 Å². The van der Waals surface area contributed by atoms with Gasteiger partial charge >= 0.3 is 0 Å². The number of hydrogen-bond acceptors (Lipinski definition) is 3. The van der Waals surface area contributed by atoms with E-state index in [1.54, 1.807) is 7.05 Å². The van der Waals surface area contributed by atoms with Crippen molar-refractivity contribution in [1.82, 2.24) is 10.6 Å². The summed E-state index contributed by atoms with van der Waals surface area (Å²) in [6, 6.07) is 7.90. The number of ether oxygens (including phenoxy) is 1. The Morgan fingerprint density at radius 1 is 1.38 bits per heavy atom. The smallest absolute Gasteiger partial charge is 0.257 e. The second kappa shape index (κ2) is 6.12. The van der Waals surface area contributed by atoms with E-state index >= 15 is 0 Å². The summed E-state index contributed by atoms with van der Waals surface area (Å²) < 4.78 is 5.46. The third-order valence-electron chi connectivity index (χ3n) is 2.46. The van der Waals surface area contributed by atoms with Crippen molar-refractivity contribution in [2.24, 2.45) is 0 Å². The molecule has 1 unspecified atom stereocenters. The quantitative estimate of drug-likeness (QED) is 0.784. The van der Waals surface area contributed by atoms with Crippen molar-refractivity contribution in [3.8, 4) is 5.75 Å². The Hall–Kier alpha value is -1.55. The van der Waals surface area contributed by atoms with Crippen LogP contribution in [0.4, 0.5) is 0 Å². The Balaban J connectivity index is 2.75. The highest BCUT2D eigenvalue weighted by atomic mass is 16.5. The molecule has 88 valence electrons. The molecule has 16 heavy (non-hydrogen) atoms. The number of hydrogen-bond donors (Lipinski definition) is 2. The standard InChI is InChI=1S/C12H18N2O2/c1-9(13-2)10-6-4-5-7-11(10)16-8-12(15)14-3/h4-7,9,13H,8H2,1-3H3,(H,14,15). The molecule has 1 rings (SSSR count). The molecule has 1 amide bonds. The number of rotatable bonds is 5. The lowest BCUT2D eigenvalue weighted by atomic mass is 10.1. The highest BCUT2D eigenvalue weighted by Gasteiger charge is 2.10. The fourth-order valence-electron chi connectivity index (χ4n) is 1.34. The molecule has 0 aromatic heterocycles. The summed E-state index contributed by atoms with van der Waals surface area (Å²) in [4.78, 5) is 11.1. The third kappa shape index (κ3) is 3.24. The van der Waals surface area contributed by atoms with Gasteiger partial charge in [0, 0.05) is 18.7 Å². The van der Waals surface area contributed by atoms with Crippen LogP contribution in [-0.4, -0.2) is 26.6 Å². The molecule has 0 saturated heterocycles. The van der Waals surface area contributed by atoms with E-state index in [0.29, 0.717) is 0 Å². The van der Waals surface area contributed by atoms with E-state index < -0.39 is 0 Å². The van der Waals surface area contributed by atoms with E-state index in [4.69, 9.17) is 4.74 Å². The van der Waals surface area contributed by atoms with Gasteiger partial charge in [0.1, 0.15) is 5.75 Å². The average Bonchev–Trinajstić information content (AvgIpc) is 2.35. The number of amides is 1. The fourth-order valence-corrected chi connectivity index (χ4v) is 1.34. The lowest BCUT2D eigenvalue weighted by Gasteiger charge is -2.15. The minimum absolute atomic E-state index is 0.0456. The summed E-state index contributed by atoms with van der Waals surface area (Å²) in [5.41, 5.74) is 1.05. The molecule has 1 aromatic rings. The number of benzene rings is 1. The molecule has 4 nitrogen and oxygen atoms in total. The Morgan fingerprint density at radius 3 is 2.69 bits per heavy atom. The van der Waals surface area contributed by atoms with E-state index in [2.05, 4.69) is 10.6 Å². The van der Waals surface area contributed by atoms with Crippen LogP contribution in [0.1, 0.15) is 18.5 Å². The largest absolute Gasteiger partial charge is 0.483 e. The Labute approximate surface area is 96.0 Å². The van der Waals surface area contributed by atoms with Crippen molar-refractivity contribution in [3.63, 3.8) is 0 Å². The normalized spacial score (nSPS) is 11.9. The molecular formula is C12H18N2O2. The molecule has 4 heteroatoms. The zero-order valence-electron chi connectivity index (χ0n) is 9.91. The number of carbonyl (C=O) groups is 1. The van der Waals surface area contributed by atoms with Crippen LogP contribution in [0.2, 0.25) is 0 Å². The van der Waals surface area contributed by atoms with Gasteiger partial charge < -0.3 is 15.4 Å². The van der Waals surface area contributed by atoms with E-state index in [1.165, 1.54) is 0 Å². The number of likely N-dealkylation sites (N-methyl/N-ethyl adjacent to an activating group) is 1. The molecule has 0 aliphatic heterocycles. The van der Waals surface area contributed by atoms with E-state index in [1.807, 2.05) is 38.2 Å². The molecule has 0 fully saturated rings. The fraction of sp³-hybridized carbons (Fsp3) is 0.417. The van der Waals surface area contributed by atoms with Crippen molar-refractivity contribution in [3.05, 3.63) is 29.8 Å². The average molecular weight is 222 g/mol. The summed E-state index contributed by atoms with van der Waals surface area (Å²) in [7, 11) is 3.48. The Morgan fingerprint density at radius 2 is 2.06 bits per heavy atom. The maximum absolute atomic E-state index is 11.1. The zero-order valence-corrected chi connectivity index (χ0v) is 9.91. The topological polar surface area (TPSA) is 50.4 Å². The van der Waals surface area contributed by atoms with E-state index in [-0.39, 0.29) is 18.6 Å². The molecule has 0 radical (unpaired) electrons. The molecule has 0 saturated carbocycles. The molecular weight excluding hydrogens is 204 g/mol. The summed E-state index contributed by atoms with van der Waals surface area (Å²) in [5.74, 6) is 0.611. The lowest BCUT2D eigenvalue weighted by molar-refractivity contribution is -0.122. The van der Waals surface area contributed by atoms with E-state index in [0.717, 1.165) is 11.3 Å². The molecule has 0 aliphatic rings. The second-order valence-electron chi connectivity index (χ2n) is 3.51. The van der Waals surface area contributed by atoms with Gasteiger partial charge in [-0.1, -0.05) is 18.2 Å². The lowest BCUT2D eigenvalue weighted by Crippen LogP contribution is -2.25. The predicted octanol–water partition coefficient (Wildman–Crippen LogP) is 1.09. The zero-order chi connectivity index (χ0) is 12.0. The van der Waals surface area contributed by atoms with Crippen LogP contribution in [0.3, 0.4) is 0 Å². The first-order valence-electron chi connectivity index (χ1n) is 5.28. The molecule has 0 heterocycles. The molecule has 0 spiro atoms. The Bertz CT molecular complexity index is 353. The molecule has 1 atom stereocenters. The van der Waals surface area contributed by atoms with Gasteiger partial charge in [-0.25, -0.2) is 0 Å². The molecule has 0 aliphatic carbocycles. The second-order valence-corrected chi connectivity index (χ2v) is 3.51. The van der Waals surface area contributed by atoms with Gasteiger partial charge in [-0.3, -0.25) is 4.79 Å². The van der Waals surface area contributed by atoms with Gasteiger partial charge in [0.15, 0.2) is 6.61 Å². The van der Waals surface area contributed by atoms with Gasteiger partial charge in [0.25, 0.3) is 5.91 Å². The SMILES string of the molecule is CNC(=O)COc1ccccc1C(C)NC. The summed E-state index contributed by atoms with van der Waals surface area (Å²) in [5, 5.41) is 5.66. The summed E-state index contributed by atoms with van der Waals surface area (Å²) in [6.07, 6.45) is 0. The van der Waals surface area contributed by atoms with Crippen molar-refractivity contribution in [2.75, 3.05) is 20.7 Å². The summed E-state index contributed by atoms with van der Waals surface area (Å²) in [6.45, 7) is 2.09. The van der Waals surface area contributed by atoms with Crippen LogP contribution in [0.25, 0.3) is 0 Å². The first kappa shape index (κ1) is 12.5. The van der Waals surface area contributed by atoms with Crippen molar-refractivity contribution in [1.29, 1.82) is 0 Å². The van der Waals surface area contributed by atoms with Gasteiger partial charge in [0.05, 0.1) is 0 Å². The first-order chi connectivity index (χ1) is 7.69. The summed E-state index contributed by atoms with van der Waals surface area (Å²) >= 11 is 0. The van der Waals surface area contributed by atoms with Gasteiger partial charge in [0.2, 0.25) is 0 Å². The van der Waals surface area contributed by atoms with Crippen molar-refractivity contribution >= 4 is 5.91 Å². The van der Waals surface area contributed by atoms with Crippen LogP contribution < -0.4 is 15.4 Å². The monoisotopic (exact) mass is 222 g/mol. The first-order valence-corrected chi connectivity index (χ1v) is 5.28. The van der Waals surface area contributed by atoms with Crippen molar-refractivity contribution in [2.45, 2.75) is 13.0 Å². The maximum Gasteiger partial charge on any atom is 0.257 e. The van der Waals surface area contributed by atoms with Gasteiger partial charge in [-0.05, 0) is 20.0 Å². The van der Waals surface area contributed by atoms with Crippen LogP contribution in [0, 0.1) is 0 Å². The maximum atomic E-state index is 11.1. The molecule has 2 N–H and O–H groups in total. The number of para-hydroxylation sites is 1. The highest BCUT2D eigenvalue weighted by molar-refractivity contribution is 5.77. The minimum atomic E-state index is -0.132. The number of nitrogens with one attached hydrogen (secondary N) is 2. The minimum Gasteiger partial charge on any atom is -0.483 e. The van der Waals surface area contributed by atoms with Crippen LogP contribution in [0.5, 0.6) is 5.75 Å². The van der Waals surface area contributed by atoms with Crippen LogP contribution in [0.15, 0.2) is 24.3 Å². The van der Waals surface area contributed by atoms with Gasteiger partial charge in [-0.2, -0.15) is 0 Å². The highest BCUT2D eigenvalue weighted by Crippen LogP contribution is 2.24. The van der Waals surface area contributed by atoms with Crippen LogP contribution in [-0.2, 0) is 4.79 Å². The molecule has 1 aromatic carbocycles. The predicted molar refractivity (Wildman–Crippen MR) is 63.5 cm³/mol. The number of carbonyl (C=O) groups excluding carboxylic acids is 1. The Kier molecular flexibility index (Phi) is 4.79. The molecule has 0 bridgehead atoms. The third-order valence-corrected chi connectivity index (χ3v) is 2.46. The van der Waals surface area contributed by atoms with Gasteiger partial charge in [-0.15, -0.1) is 0 Å². The van der Waals surface area contributed by atoms with Crippen molar-refractivity contribution < 1.29 is 9.53 Å². The van der Waals surface area contributed by atoms with Crippen LogP contribution >= 0.6 is 0 Å².